The number of esters is 1. The van der Waals surface area contributed by atoms with Crippen LogP contribution in [0.25, 0.3) is 0 Å². The number of ether oxygens (including phenoxy) is 1. The summed E-state index contributed by atoms with van der Waals surface area (Å²) >= 11 is 0. The van der Waals surface area contributed by atoms with Crippen LogP contribution in [-0.4, -0.2) is 38.6 Å². The Labute approximate surface area is 186 Å². The molecule has 3 rings (SSSR count). The molecule has 9 heteroatoms. The number of anilines is 1. The summed E-state index contributed by atoms with van der Waals surface area (Å²) in [6, 6.07) is 14.3. The molecule has 1 aliphatic rings. The molecule has 8 nitrogen and oxygen atoms in total. The first kappa shape index (κ1) is 23.2. The van der Waals surface area contributed by atoms with E-state index in [0.29, 0.717) is 12.2 Å². The molecule has 1 atom stereocenters. The smallest absolute Gasteiger partial charge is 0.306 e. The van der Waals surface area contributed by atoms with Crippen LogP contribution in [0.2, 0.25) is 0 Å². The van der Waals surface area contributed by atoms with Gasteiger partial charge in [0.2, 0.25) is 0 Å². The summed E-state index contributed by atoms with van der Waals surface area (Å²) in [4.78, 5) is 36.7. The molecule has 2 aromatic carbocycles. The van der Waals surface area contributed by atoms with Crippen molar-refractivity contribution >= 4 is 33.3 Å². The highest BCUT2D eigenvalue weighted by Gasteiger charge is 2.24. The second-order valence-corrected chi connectivity index (χ2v) is 9.48. The van der Waals surface area contributed by atoms with E-state index in [9.17, 15) is 22.8 Å². The van der Waals surface area contributed by atoms with Gasteiger partial charge in [0, 0.05) is 17.9 Å². The minimum absolute atomic E-state index is 0.124. The van der Waals surface area contributed by atoms with Gasteiger partial charge >= 0.3 is 5.97 Å². The Bertz CT molecular complexity index is 1140. The molecule has 168 valence electrons. The van der Waals surface area contributed by atoms with Crippen molar-refractivity contribution in [3.8, 4) is 0 Å². The van der Waals surface area contributed by atoms with E-state index in [1.54, 1.807) is 24.3 Å². The number of hydrogen-bond acceptors (Lipinski definition) is 6. The number of sulfone groups is 1. The minimum Gasteiger partial charge on any atom is -0.456 e. The van der Waals surface area contributed by atoms with Gasteiger partial charge in [0.05, 0.1) is 23.4 Å². The molecule has 2 N–H and O–H groups in total. The van der Waals surface area contributed by atoms with Crippen molar-refractivity contribution in [3.63, 3.8) is 0 Å². The van der Waals surface area contributed by atoms with Crippen LogP contribution in [0.4, 0.5) is 5.69 Å². The molecule has 0 radical (unpaired) electrons. The van der Waals surface area contributed by atoms with Crippen molar-refractivity contribution in [1.82, 2.24) is 5.32 Å². The van der Waals surface area contributed by atoms with E-state index in [-0.39, 0.29) is 23.6 Å². The first-order valence-corrected chi connectivity index (χ1v) is 11.7. The van der Waals surface area contributed by atoms with Gasteiger partial charge in [0.15, 0.2) is 16.4 Å². The fraction of sp³-hybridized carbons (Fsp3) is 0.261. The van der Waals surface area contributed by atoms with Crippen LogP contribution in [0.3, 0.4) is 0 Å². The number of para-hydroxylation sites is 1. The Balaban J connectivity index is 1.50. The van der Waals surface area contributed by atoms with E-state index in [4.69, 9.17) is 4.74 Å². The number of aryl methyl sites for hydroxylation is 1. The zero-order valence-corrected chi connectivity index (χ0v) is 18.4. The SMILES string of the molecule is Cc1ccc(CNC(=O)c2ccccc2NC(=O)COC(=O)CC2C=CS(=O)(=O)C2)cc1. The van der Waals surface area contributed by atoms with Crippen LogP contribution in [0, 0.1) is 12.8 Å². The number of benzene rings is 2. The van der Waals surface area contributed by atoms with E-state index in [0.717, 1.165) is 16.5 Å². The predicted octanol–water partition coefficient (Wildman–Crippen LogP) is 2.36. The van der Waals surface area contributed by atoms with Gasteiger partial charge in [0.25, 0.3) is 11.8 Å². The molecule has 1 aliphatic heterocycles. The van der Waals surface area contributed by atoms with E-state index in [2.05, 4.69) is 10.6 Å². The third-order valence-corrected chi connectivity index (χ3v) is 6.28. The van der Waals surface area contributed by atoms with Gasteiger partial charge in [0.1, 0.15) is 0 Å². The van der Waals surface area contributed by atoms with Crippen molar-refractivity contribution in [2.45, 2.75) is 19.9 Å². The lowest BCUT2D eigenvalue weighted by Crippen LogP contribution is -2.26. The molecule has 0 spiro atoms. The summed E-state index contributed by atoms with van der Waals surface area (Å²) < 4.78 is 27.7. The van der Waals surface area contributed by atoms with E-state index in [1.165, 1.54) is 6.08 Å². The van der Waals surface area contributed by atoms with Crippen LogP contribution >= 0.6 is 0 Å². The number of allylic oxidation sites excluding steroid dienone is 1. The van der Waals surface area contributed by atoms with Crippen LogP contribution in [0.5, 0.6) is 0 Å². The van der Waals surface area contributed by atoms with E-state index in [1.807, 2.05) is 31.2 Å². The average Bonchev–Trinajstić information content (AvgIpc) is 3.10. The van der Waals surface area contributed by atoms with Gasteiger partial charge in [-0.2, -0.15) is 0 Å². The molecule has 2 amide bonds. The van der Waals surface area contributed by atoms with Crippen molar-refractivity contribution in [2.75, 3.05) is 17.7 Å². The lowest BCUT2D eigenvalue weighted by Gasteiger charge is -2.12. The topological polar surface area (TPSA) is 119 Å². The molecule has 2 aromatic rings. The first-order valence-electron chi connectivity index (χ1n) is 10.0. The molecule has 0 aromatic heterocycles. The van der Waals surface area contributed by atoms with Gasteiger partial charge in [-0.15, -0.1) is 0 Å². The van der Waals surface area contributed by atoms with Gasteiger partial charge in [-0.25, -0.2) is 8.42 Å². The fourth-order valence-corrected chi connectivity index (χ4v) is 4.54. The average molecular weight is 457 g/mol. The summed E-state index contributed by atoms with van der Waals surface area (Å²) in [7, 11) is -3.26. The highest BCUT2D eigenvalue weighted by Crippen LogP contribution is 2.19. The predicted molar refractivity (Wildman–Crippen MR) is 119 cm³/mol. The van der Waals surface area contributed by atoms with E-state index >= 15 is 0 Å². The number of nitrogens with one attached hydrogen (secondary N) is 2. The van der Waals surface area contributed by atoms with Crippen molar-refractivity contribution in [2.24, 2.45) is 5.92 Å². The Morgan fingerprint density at radius 2 is 1.78 bits per heavy atom. The third kappa shape index (κ3) is 6.78. The molecule has 0 saturated heterocycles. The first-order chi connectivity index (χ1) is 15.2. The number of rotatable bonds is 8. The summed E-state index contributed by atoms with van der Waals surface area (Å²) in [6.07, 6.45) is 1.32. The molecule has 1 unspecified atom stereocenters. The number of hydrogen-bond donors (Lipinski definition) is 2. The monoisotopic (exact) mass is 456 g/mol. The third-order valence-electron chi connectivity index (χ3n) is 4.82. The number of amides is 2. The standard InChI is InChI=1S/C23H24N2O6S/c1-16-6-8-17(9-7-16)13-24-23(28)19-4-2-3-5-20(19)25-21(26)14-31-22(27)12-18-10-11-32(29,30)15-18/h2-11,18H,12-15H2,1H3,(H,24,28)(H,25,26). The second-order valence-electron chi connectivity index (χ2n) is 7.54. The molecule has 1 heterocycles. The maximum absolute atomic E-state index is 12.6. The minimum atomic E-state index is -3.26. The maximum Gasteiger partial charge on any atom is 0.306 e. The van der Waals surface area contributed by atoms with Gasteiger partial charge in [-0.1, -0.05) is 48.0 Å². The highest BCUT2D eigenvalue weighted by molar-refractivity contribution is 7.94. The van der Waals surface area contributed by atoms with Crippen molar-refractivity contribution in [1.29, 1.82) is 0 Å². The summed E-state index contributed by atoms with van der Waals surface area (Å²) in [6.45, 7) is 1.78. The fourth-order valence-electron chi connectivity index (χ4n) is 3.15. The maximum atomic E-state index is 12.6. The van der Waals surface area contributed by atoms with Gasteiger partial charge in [-0.05, 0) is 24.6 Å². The van der Waals surface area contributed by atoms with Crippen LogP contribution in [0.1, 0.15) is 27.9 Å². The quantitative estimate of drug-likeness (QED) is 0.589. The molecule has 0 fully saturated rings. The summed E-state index contributed by atoms with van der Waals surface area (Å²) in [5, 5.41) is 6.47. The molecular formula is C23H24N2O6S. The zero-order valence-electron chi connectivity index (χ0n) is 17.5. The normalized spacial score (nSPS) is 16.3. The van der Waals surface area contributed by atoms with Crippen LogP contribution < -0.4 is 10.6 Å². The zero-order chi connectivity index (χ0) is 23.1. The molecule has 0 aliphatic carbocycles. The molecular weight excluding hydrogens is 432 g/mol. The van der Waals surface area contributed by atoms with Crippen molar-refractivity contribution < 1.29 is 27.5 Å². The summed E-state index contributed by atoms with van der Waals surface area (Å²) in [5.41, 5.74) is 2.64. The molecule has 32 heavy (non-hydrogen) atoms. The number of carbonyl (C=O) groups is 3. The lowest BCUT2D eigenvalue weighted by atomic mass is 10.1. The molecule has 0 bridgehead atoms. The van der Waals surface area contributed by atoms with Gasteiger partial charge in [-0.3, -0.25) is 14.4 Å². The van der Waals surface area contributed by atoms with E-state index < -0.39 is 34.2 Å². The Morgan fingerprint density at radius 1 is 1.06 bits per heavy atom. The largest absolute Gasteiger partial charge is 0.456 e. The van der Waals surface area contributed by atoms with Crippen LogP contribution in [0.15, 0.2) is 60.0 Å². The Morgan fingerprint density at radius 3 is 2.47 bits per heavy atom. The second kappa shape index (κ2) is 10.2. The Kier molecular flexibility index (Phi) is 7.42. The van der Waals surface area contributed by atoms with Crippen LogP contribution in [-0.2, 0) is 30.7 Å². The van der Waals surface area contributed by atoms with Crippen molar-refractivity contribution in [3.05, 3.63) is 76.7 Å². The lowest BCUT2D eigenvalue weighted by molar-refractivity contribution is -0.147. The number of carbonyl (C=O) groups excluding carboxylic acids is 3. The summed E-state index contributed by atoms with van der Waals surface area (Å²) in [5.74, 6) is -2.22. The van der Waals surface area contributed by atoms with Gasteiger partial charge < -0.3 is 15.4 Å². The highest BCUT2D eigenvalue weighted by atomic mass is 32.2. The molecule has 0 saturated carbocycles. The Hall–Kier alpha value is -3.46.